The van der Waals surface area contributed by atoms with E-state index in [-0.39, 0.29) is 18.1 Å². The van der Waals surface area contributed by atoms with Crippen LogP contribution in [0.1, 0.15) is 48.0 Å². The van der Waals surface area contributed by atoms with Gasteiger partial charge in [0.25, 0.3) is 5.91 Å². The van der Waals surface area contributed by atoms with Crippen LogP contribution in [0.2, 0.25) is 0 Å². The lowest BCUT2D eigenvalue weighted by molar-refractivity contribution is -0.000189. The Morgan fingerprint density at radius 3 is 2.47 bits per heavy atom. The maximum absolute atomic E-state index is 12.7. The van der Waals surface area contributed by atoms with Crippen LogP contribution < -0.4 is 4.74 Å². The molecule has 0 bridgehead atoms. The van der Waals surface area contributed by atoms with E-state index in [1.54, 1.807) is 4.90 Å². The van der Waals surface area contributed by atoms with Gasteiger partial charge in [0.15, 0.2) is 0 Å². The number of hydrogen-bond acceptors (Lipinski definition) is 4. The summed E-state index contributed by atoms with van der Waals surface area (Å²) in [6.07, 6.45) is 6.94. The Morgan fingerprint density at radius 1 is 1.03 bits per heavy atom. The molecule has 1 amide bonds. The molecule has 2 saturated heterocycles. The number of nitrogens with zero attached hydrogens (tertiary/aromatic N) is 2. The number of amides is 1. The van der Waals surface area contributed by atoms with Gasteiger partial charge in [0.2, 0.25) is 0 Å². The molecule has 4 rings (SSSR count). The second kappa shape index (κ2) is 11.5. The summed E-state index contributed by atoms with van der Waals surface area (Å²) in [5.41, 5.74) is 2.10. The van der Waals surface area contributed by atoms with E-state index in [9.17, 15) is 4.79 Å². The third-order valence-corrected chi connectivity index (χ3v) is 6.60. The topological polar surface area (TPSA) is 42.0 Å². The van der Waals surface area contributed by atoms with Crippen LogP contribution in [0, 0.1) is 0 Å². The van der Waals surface area contributed by atoms with Crippen molar-refractivity contribution in [2.45, 2.75) is 50.7 Å². The van der Waals surface area contributed by atoms with Crippen LogP contribution in [0.15, 0.2) is 54.6 Å². The second-order valence-electron chi connectivity index (χ2n) is 9.09. The molecule has 2 aliphatic rings. The van der Waals surface area contributed by atoms with Crippen molar-refractivity contribution in [3.8, 4) is 5.75 Å². The SMILES string of the molecule is CN(C[C@@H]1CCCCO1)C(=O)c1ccc(OC2CCN(CCc3ccccc3)CC2)cc1. The molecule has 1 atom stereocenters. The van der Waals surface area contributed by atoms with Gasteiger partial charge < -0.3 is 19.3 Å². The summed E-state index contributed by atoms with van der Waals surface area (Å²) in [4.78, 5) is 17.0. The molecule has 0 spiro atoms. The van der Waals surface area contributed by atoms with Gasteiger partial charge in [0.1, 0.15) is 11.9 Å². The Labute approximate surface area is 192 Å². The Morgan fingerprint density at radius 2 is 1.78 bits per heavy atom. The van der Waals surface area contributed by atoms with Crippen LogP contribution in [0.3, 0.4) is 0 Å². The first-order chi connectivity index (χ1) is 15.7. The second-order valence-corrected chi connectivity index (χ2v) is 9.09. The Hall–Kier alpha value is -2.37. The molecule has 2 aromatic rings. The summed E-state index contributed by atoms with van der Waals surface area (Å²) in [7, 11) is 1.86. The zero-order valence-electron chi connectivity index (χ0n) is 19.2. The number of hydrogen-bond donors (Lipinski definition) is 0. The van der Waals surface area contributed by atoms with Gasteiger partial charge in [-0.2, -0.15) is 0 Å². The molecule has 5 nitrogen and oxygen atoms in total. The van der Waals surface area contributed by atoms with Crippen LogP contribution in [0.5, 0.6) is 5.75 Å². The molecule has 2 aliphatic heterocycles. The van der Waals surface area contributed by atoms with E-state index in [1.165, 1.54) is 12.0 Å². The molecular formula is C27H36N2O3. The van der Waals surface area contributed by atoms with Crippen molar-refractivity contribution in [1.82, 2.24) is 9.80 Å². The predicted molar refractivity (Wildman–Crippen MR) is 127 cm³/mol. The van der Waals surface area contributed by atoms with Crippen molar-refractivity contribution in [1.29, 1.82) is 0 Å². The van der Waals surface area contributed by atoms with E-state index >= 15 is 0 Å². The van der Waals surface area contributed by atoms with Crippen molar-refractivity contribution in [2.24, 2.45) is 0 Å². The normalized spacial score (nSPS) is 20.1. The smallest absolute Gasteiger partial charge is 0.253 e. The molecule has 0 N–H and O–H groups in total. The van der Waals surface area contributed by atoms with E-state index in [0.29, 0.717) is 12.1 Å². The van der Waals surface area contributed by atoms with Crippen molar-refractivity contribution in [2.75, 3.05) is 39.8 Å². The predicted octanol–water partition coefficient (Wildman–Crippen LogP) is 4.41. The molecule has 0 saturated carbocycles. The fourth-order valence-electron chi connectivity index (χ4n) is 4.61. The first-order valence-electron chi connectivity index (χ1n) is 12.1. The summed E-state index contributed by atoms with van der Waals surface area (Å²) in [6, 6.07) is 18.3. The summed E-state index contributed by atoms with van der Waals surface area (Å²) < 4.78 is 12.0. The van der Waals surface area contributed by atoms with Crippen LogP contribution in [-0.2, 0) is 11.2 Å². The lowest BCUT2D eigenvalue weighted by Crippen LogP contribution is -2.39. The van der Waals surface area contributed by atoms with Crippen molar-refractivity contribution in [3.63, 3.8) is 0 Å². The Balaban J connectivity index is 1.19. The monoisotopic (exact) mass is 436 g/mol. The quantitative estimate of drug-likeness (QED) is 0.615. The molecule has 0 aromatic heterocycles. The summed E-state index contributed by atoms with van der Waals surface area (Å²) >= 11 is 0. The Kier molecular flexibility index (Phi) is 8.18. The number of rotatable bonds is 8. The lowest BCUT2D eigenvalue weighted by atomic mass is 10.1. The zero-order valence-corrected chi connectivity index (χ0v) is 19.2. The first-order valence-corrected chi connectivity index (χ1v) is 12.1. The third-order valence-electron chi connectivity index (χ3n) is 6.60. The molecule has 5 heteroatoms. The molecule has 2 aromatic carbocycles. The lowest BCUT2D eigenvalue weighted by Gasteiger charge is -2.32. The average molecular weight is 437 g/mol. The minimum Gasteiger partial charge on any atom is -0.490 e. The highest BCUT2D eigenvalue weighted by Crippen LogP contribution is 2.21. The van der Waals surface area contributed by atoms with Crippen LogP contribution in [0.4, 0.5) is 0 Å². The molecule has 0 unspecified atom stereocenters. The summed E-state index contributed by atoms with van der Waals surface area (Å²) in [5, 5.41) is 0. The van der Waals surface area contributed by atoms with E-state index in [2.05, 4.69) is 35.2 Å². The molecule has 2 fully saturated rings. The highest BCUT2D eigenvalue weighted by atomic mass is 16.5. The summed E-state index contributed by atoms with van der Waals surface area (Å²) in [6.45, 7) is 4.71. The van der Waals surface area contributed by atoms with Crippen molar-refractivity contribution >= 4 is 5.91 Å². The van der Waals surface area contributed by atoms with Gasteiger partial charge in [-0.05, 0) is 68.4 Å². The number of carbonyl (C=O) groups excluding carboxylic acids is 1. The van der Waals surface area contributed by atoms with Gasteiger partial charge in [-0.15, -0.1) is 0 Å². The molecular weight excluding hydrogens is 400 g/mol. The molecule has 2 heterocycles. The fraction of sp³-hybridized carbons (Fsp3) is 0.519. The minimum atomic E-state index is 0.0393. The maximum Gasteiger partial charge on any atom is 0.253 e. The number of likely N-dealkylation sites (N-methyl/N-ethyl adjacent to an activating group) is 1. The number of ether oxygens (including phenoxy) is 2. The van der Waals surface area contributed by atoms with E-state index < -0.39 is 0 Å². The minimum absolute atomic E-state index is 0.0393. The third kappa shape index (κ3) is 6.57. The molecule has 0 radical (unpaired) electrons. The van der Waals surface area contributed by atoms with Gasteiger partial charge in [0.05, 0.1) is 6.10 Å². The fourth-order valence-corrected chi connectivity index (χ4v) is 4.61. The van der Waals surface area contributed by atoms with Crippen LogP contribution in [0.25, 0.3) is 0 Å². The van der Waals surface area contributed by atoms with Crippen LogP contribution in [-0.4, -0.2) is 67.7 Å². The average Bonchev–Trinajstić information content (AvgIpc) is 2.85. The standard InChI is InChI=1S/C27H36N2O3/c1-28(21-26-9-5-6-20-31-26)27(30)23-10-12-24(13-11-23)32-25-15-18-29(19-16-25)17-14-22-7-3-2-4-8-22/h2-4,7-8,10-13,25-26H,5-6,9,14-21H2,1H3/t26-/m0/s1. The highest BCUT2D eigenvalue weighted by Gasteiger charge is 2.22. The maximum atomic E-state index is 12.7. The van der Waals surface area contributed by atoms with E-state index in [1.807, 2.05) is 31.3 Å². The molecule has 0 aliphatic carbocycles. The number of benzene rings is 2. The number of piperidine rings is 1. The summed E-state index contributed by atoms with van der Waals surface area (Å²) in [5.74, 6) is 0.889. The van der Waals surface area contributed by atoms with E-state index in [0.717, 1.165) is 64.1 Å². The number of carbonyl (C=O) groups is 1. The van der Waals surface area contributed by atoms with Gasteiger partial charge >= 0.3 is 0 Å². The molecule has 172 valence electrons. The number of likely N-dealkylation sites (tertiary alicyclic amines) is 1. The van der Waals surface area contributed by atoms with E-state index in [4.69, 9.17) is 9.47 Å². The molecule has 32 heavy (non-hydrogen) atoms. The first kappa shape index (κ1) is 22.8. The van der Waals surface area contributed by atoms with Gasteiger partial charge in [-0.1, -0.05) is 30.3 Å². The zero-order chi connectivity index (χ0) is 22.2. The van der Waals surface area contributed by atoms with Crippen LogP contribution >= 0.6 is 0 Å². The van der Waals surface area contributed by atoms with Gasteiger partial charge in [0, 0.05) is 45.4 Å². The van der Waals surface area contributed by atoms with Crippen molar-refractivity contribution in [3.05, 3.63) is 65.7 Å². The largest absolute Gasteiger partial charge is 0.490 e. The Bertz CT molecular complexity index is 826. The highest BCUT2D eigenvalue weighted by molar-refractivity contribution is 5.94. The van der Waals surface area contributed by atoms with Gasteiger partial charge in [-0.25, -0.2) is 0 Å². The van der Waals surface area contributed by atoms with Gasteiger partial charge in [-0.3, -0.25) is 4.79 Å². The van der Waals surface area contributed by atoms with Crippen molar-refractivity contribution < 1.29 is 14.3 Å².